The second kappa shape index (κ2) is 5.58. The molecule has 0 radical (unpaired) electrons. The van der Waals surface area contributed by atoms with Gasteiger partial charge in [-0.15, -0.1) is 0 Å². The van der Waals surface area contributed by atoms with Gasteiger partial charge in [0.15, 0.2) is 0 Å². The van der Waals surface area contributed by atoms with Gasteiger partial charge >= 0.3 is 5.97 Å². The molecule has 2 atom stereocenters. The molecule has 2 N–H and O–H groups in total. The number of nitrogens with one attached hydrogen (secondary N) is 1. The first kappa shape index (κ1) is 14.1. The second-order valence-electron chi connectivity index (χ2n) is 6.06. The van der Waals surface area contributed by atoms with Crippen molar-refractivity contribution in [2.24, 2.45) is 11.8 Å². The maximum atomic E-state index is 11.1. The van der Waals surface area contributed by atoms with Gasteiger partial charge in [0.05, 0.1) is 17.0 Å². The van der Waals surface area contributed by atoms with Crippen molar-refractivity contribution in [3.8, 4) is 11.4 Å². The second-order valence-corrected chi connectivity index (χ2v) is 6.06. The van der Waals surface area contributed by atoms with Gasteiger partial charge in [0, 0.05) is 38.6 Å². The molecule has 2 fully saturated rings. The number of anilines is 1. The Morgan fingerprint density at radius 1 is 1.13 bits per heavy atom. The van der Waals surface area contributed by atoms with E-state index in [2.05, 4.69) is 25.2 Å². The van der Waals surface area contributed by atoms with Crippen LogP contribution in [0.25, 0.3) is 11.4 Å². The number of carboxylic acids is 1. The molecule has 2 aliphatic heterocycles. The Balaban J connectivity index is 1.62. The third-order valence-corrected chi connectivity index (χ3v) is 4.58. The van der Waals surface area contributed by atoms with Crippen LogP contribution in [0.15, 0.2) is 30.6 Å². The predicted octanol–water partition coefficient (Wildman–Crippen LogP) is 0.892. The van der Waals surface area contributed by atoms with Crippen molar-refractivity contribution < 1.29 is 9.90 Å². The molecule has 0 aromatic carbocycles. The van der Waals surface area contributed by atoms with E-state index in [0.29, 0.717) is 29.2 Å². The van der Waals surface area contributed by atoms with Crippen LogP contribution in [0.1, 0.15) is 10.4 Å². The molecule has 0 unspecified atom stereocenters. The van der Waals surface area contributed by atoms with Gasteiger partial charge in [-0.3, -0.25) is 4.98 Å². The molecule has 2 aliphatic rings. The highest BCUT2D eigenvalue weighted by Crippen LogP contribution is 2.29. The van der Waals surface area contributed by atoms with Gasteiger partial charge in [0.1, 0.15) is 0 Å². The summed E-state index contributed by atoms with van der Waals surface area (Å²) in [7, 11) is 0. The van der Waals surface area contributed by atoms with Crippen LogP contribution in [0.5, 0.6) is 0 Å². The zero-order valence-electron chi connectivity index (χ0n) is 12.5. The zero-order chi connectivity index (χ0) is 15.8. The van der Waals surface area contributed by atoms with Crippen LogP contribution in [0, 0.1) is 11.8 Å². The SMILES string of the molecule is O=C(O)c1ccnc(-c2ccnc(N3C[C@H]4CNC[C@H]4C3)n2)c1. The summed E-state index contributed by atoms with van der Waals surface area (Å²) in [5.41, 5.74) is 1.40. The van der Waals surface area contributed by atoms with E-state index < -0.39 is 5.97 Å². The van der Waals surface area contributed by atoms with Gasteiger partial charge in [-0.05, 0) is 30.0 Å². The Hall–Kier alpha value is -2.54. The number of aromatic nitrogens is 3. The number of rotatable bonds is 3. The monoisotopic (exact) mass is 311 g/mol. The van der Waals surface area contributed by atoms with Crippen molar-refractivity contribution >= 4 is 11.9 Å². The molecule has 7 heteroatoms. The Labute approximate surface area is 133 Å². The summed E-state index contributed by atoms with van der Waals surface area (Å²) < 4.78 is 0. The largest absolute Gasteiger partial charge is 0.478 e. The first-order valence-electron chi connectivity index (χ1n) is 7.69. The van der Waals surface area contributed by atoms with Crippen molar-refractivity contribution in [1.82, 2.24) is 20.3 Å². The molecule has 2 aromatic rings. The number of nitrogens with zero attached hydrogens (tertiary/aromatic N) is 4. The maximum Gasteiger partial charge on any atom is 0.335 e. The number of carboxylic acid groups (broad SMARTS) is 1. The van der Waals surface area contributed by atoms with Crippen LogP contribution in [0.2, 0.25) is 0 Å². The molecule has 23 heavy (non-hydrogen) atoms. The lowest BCUT2D eigenvalue weighted by Crippen LogP contribution is -2.27. The summed E-state index contributed by atoms with van der Waals surface area (Å²) >= 11 is 0. The van der Waals surface area contributed by atoms with E-state index in [1.807, 2.05) is 0 Å². The van der Waals surface area contributed by atoms with E-state index in [9.17, 15) is 4.79 Å². The first-order valence-corrected chi connectivity index (χ1v) is 7.69. The molecule has 0 spiro atoms. The van der Waals surface area contributed by atoms with Gasteiger partial charge < -0.3 is 15.3 Å². The summed E-state index contributed by atoms with van der Waals surface area (Å²) in [6, 6.07) is 4.77. The molecule has 118 valence electrons. The van der Waals surface area contributed by atoms with E-state index in [-0.39, 0.29) is 5.56 Å². The standard InChI is InChI=1S/C16H17N5O2/c22-15(23)10-1-3-18-14(5-10)13-2-4-19-16(20-13)21-8-11-6-17-7-12(11)9-21/h1-5,11-12,17H,6-9H2,(H,22,23)/t11-,12+. The van der Waals surface area contributed by atoms with Crippen molar-refractivity contribution in [2.75, 3.05) is 31.1 Å². The Morgan fingerprint density at radius 3 is 2.61 bits per heavy atom. The van der Waals surface area contributed by atoms with Crippen molar-refractivity contribution in [2.45, 2.75) is 0 Å². The van der Waals surface area contributed by atoms with E-state index in [1.165, 1.54) is 18.3 Å². The Bertz CT molecular complexity index is 739. The lowest BCUT2D eigenvalue weighted by Gasteiger charge is -2.17. The van der Waals surface area contributed by atoms with Crippen LogP contribution < -0.4 is 10.2 Å². The Morgan fingerprint density at radius 2 is 1.87 bits per heavy atom. The number of pyridine rings is 1. The van der Waals surface area contributed by atoms with Crippen LogP contribution in [0.4, 0.5) is 5.95 Å². The van der Waals surface area contributed by atoms with Crippen molar-refractivity contribution in [3.05, 3.63) is 36.2 Å². The third-order valence-electron chi connectivity index (χ3n) is 4.58. The lowest BCUT2D eigenvalue weighted by molar-refractivity contribution is 0.0697. The minimum atomic E-state index is -0.970. The minimum Gasteiger partial charge on any atom is -0.478 e. The van der Waals surface area contributed by atoms with Crippen molar-refractivity contribution in [1.29, 1.82) is 0 Å². The normalized spacial score (nSPS) is 23.0. The van der Waals surface area contributed by atoms with Crippen LogP contribution in [-0.4, -0.2) is 52.2 Å². The van der Waals surface area contributed by atoms with Gasteiger partial charge in [-0.1, -0.05) is 0 Å². The number of hydrogen-bond acceptors (Lipinski definition) is 6. The summed E-state index contributed by atoms with van der Waals surface area (Å²) in [5, 5.41) is 12.5. The van der Waals surface area contributed by atoms with E-state index in [4.69, 9.17) is 5.11 Å². The number of fused-ring (bicyclic) bond motifs is 1. The molecule has 2 saturated heterocycles. The van der Waals surface area contributed by atoms with Gasteiger partial charge in [0.25, 0.3) is 0 Å². The number of aromatic carboxylic acids is 1. The highest BCUT2D eigenvalue weighted by Gasteiger charge is 2.37. The topological polar surface area (TPSA) is 91.2 Å². The fraction of sp³-hybridized carbons (Fsp3) is 0.375. The van der Waals surface area contributed by atoms with Crippen LogP contribution >= 0.6 is 0 Å². The molecule has 4 heterocycles. The maximum absolute atomic E-state index is 11.1. The summed E-state index contributed by atoms with van der Waals surface area (Å²) in [6.07, 6.45) is 3.20. The van der Waals surface area contributed by atoms with Crippen LogP contribution in [-0.2, 0) is 0 Å². The highest BCUT2D eigenvalue weighted by molar-refractivity contribution is 5.88. The van der Waals surface area contributed by atoms with E-state index in [0.717, 1.165) is 26.2 Å². The Kier molecular flexibility index (Phi) is 3.42. The molecule has 2 aromatic heterocycles. The number of hydrogen-bond donors (Lipinski definition) is 2. The number of carbonyl (C=O) groups is 1. The van der Waals surface area contributed by atoms with E-state index in [1.54, 1.807) is 12.3 Å². The molecule has 0 amide bonds. The van der Waals surface area contributed by atoms with Gasteiger partial charge in [0.2, 0.25) is 5.95 Å². The van der Waals surface area contributed by atoms with Gasteiger partial charge in [-0.2, -0.15) is 0 Å². The molecule has 0 bridgehead atoms. The average molecular weight is 311 g/mol. The van der Waals surface area contributed by atoms with E-state index >= 15 is 0 Å². The molecular weight excluding hydrogens is 294 g/mol. The zero-order valence-corrected chi connectivity index (χ0v) is 12.5. The third kappa shape index (κ3) is 2.63. The summed E-state index contributed by atoms with van der Waals surface area (Å²) in [4.78, 5) is 26.5. The minimum absolute atomic E-state index is 0.206. The average Bonchev–Trinajstić information content (AvgIpc) is 3.17. The first-order chi connectivity index (χ1) is 11.2. The fourth-order valence-corrected chi connectivity index (χ4v) is 3.37. The van der Waals surface area contributed by atoms with Crippen LogP contribution in [0.3, 0.4) is 0 Å². The fourth-order valence-electron chi connectivity index (χ4n) is 3.37. The smallest absolute Gasteiger partial charge is 0.335 e. The molecule has 4 rings (SSSR count). The molecular formula is C16H17N5O2. The highest BCUT2D eigenvalue weighted by atomic mass is 16.4. The lowest BCUT2D eigenvalue weighted by atomic mass is 10.0. The summed E-state index contributed by atoms with van der Waals surface area (Å²) in [6.45, 7) is 4.04. The quantitative estimate of drug-likeness (QED) is 0.870. The molecule has 0 aliphatic carbocycles. The summed E-state index contributed by atoms with van der Waals surface area (Å²) in [5.74, 6) is 1.05. The molecule has 0 saturated carbocycles. The predicted molar refractivity (Wildman–Crippen MR) is 84.3 cm³/mol. The van der Waals surface area contributed by atoms with Gasteiger partial charge in [-0.25, -0.2) is 14.8 Å². The molecule has 7 nitrogen and oxygen atoms in total. The van der Waals surface area contributed by atoms with Crippen molar-refractivity contribution in [3.63, 3.8) is 0 Å².